The second-order valence-electron chi connectivity index (χ2n) is 5.36. The number of pyridine rings is 2. The van der Waals surface area contributed by atoms with Crippen LogP contribution < -0.4 is 5.43 Å². The number of hydrogen-bond acceptors (Lipinski definition) is 5. The van der Waals surface area contributed by atoms with Gasteiger partial charge in [-0.3, -0.25) is 14.8 Å². The Morgan fingerprint density at radius 3 is 2.59 bits per heavy atom. The van der Waals surface area contributed by atoms with Gasteiger partial charge < -0.3 is 10.5 Å². The normalized spacial score (nSPS) is 16.4. The summed E-state index contributed by atoms with van der Waals surface area (Å²) in [5, 5.41) is 11.1. The number of hydrogen-bond donors (Lipinski definition) is 2. The monoisotopic (exact) mass is 298 g/mol. The highest BCUT2D eigenvalue weighted by Crippen LogP contribution is 2.21. The molecule has 0 radical (unpaired) electrons. The Morgan fingerprint density at radius 1 is 1.14 bits per heavy atom. The Balaban J connectivity index is 1.66. The molecule has 114 valence electrons. The highest BCUT2D eigenvalue weighted by atomic mass is 16.4. The fourth-order valence-corrected chi connectivity index (χ4v) is 2.58. The number of carboxylic acids is 1. The van der Waals surface area contributed by atoms with Crippen LogP contribution in [0.5, 0.6) is 0 Å². The van der Waals surface area contributed by atoms with Crippen molar-refractivity contribution in [1.82, 2.24) is 15.0 Å². The quantitative estimate of drug-likeness (QED) is 0.901. The van der Waals surface area contributed by atoms with Crippen molar-refractivity contribution in [2.24, 2.45) is 5.92 Å². The molecule has 0 unspecified atom stereocenters. The molecule has 2 aromatic rings. The Morgan fingerprint density at radius 2 is 1.91 bits per heavy atom. The minimum absolute atomic E-state index is 0.223. The summed E-state index contributed by atoms with van der Waals surface area (Å²) in [5.41, 5.74) is 5.90. The standard InChI is InChI=1S/C16H18N4O2/c21-16(22)12-5-9-20(10-6-12)19-13-4-8-18-15(11-13)14-3-1-2-7-17-14/h1-4,7-8,11-12H,5-6,9-10H2,(H,18,19)(H,21,22). The van der Waals surface area contributed by atoms with Crippen molar-refractivity contribution in [3.05, 3.63) is 42.7 Å². The molecule has 22 heavy (non-hydrogen) atoms. The van der Waals surface area contributed by atoms with Crippen molar-refractivity contribution in [1.29, 1.82) is 0 Å². The van der Waals surface area contributed by atoms with Crippen LogP contribution in [0.2, 0.25) is 0 Å². The molecule has 0 amide bonds. The van der Waals surface area contributed by atoms with E-state index >= 15 is 0 Å². The Labute approximate surface area is 128 Å². The van der Waals surface area contributed by atoms with Crippen molar-refractivity contribution in [3.63, 3.8) is 0 Å². The Bertz CT molecular complexity index is 640. The van der Waals surface area contributed by atoms with Crippen molar-refractivity contribution in [2.45, 2.75) is 12.8 Å². The van der Waals surface area contributed by atoms with Crippen LogP contribution in [-0.4, -0.2) is 39.1 Å². The summed E-state index contributed by atoms with van der Waals surface area (Å²) in [7, 11) is 0. The Kier molecular flexibility index (Phi) is 4.29. The topological polar surface area (TPSA) is 78.4 Å². The maximum absolute atomic E-state index is 11.0. The first-order chi connectivity index (χ1) is 10.7. The van der Waals surface area contributed by atoms with Crippen LogP contribution in [0.3, 0.4) is 0 Å². The van der Waals surface area contributed by atoms with E-state index < -0.39 is 5.97 Å². The maximum Gasteiger partial charge on any atom is 0.306 e. The van der Waals surface area contributed by atoms with Gasteiger partial charge in [-0.15, -0.1) is 0 Å². The highest BCUT2D eigenvalue weighted by molar-refractivity contribution is 5.70. The van der Waals surface area contributed by atoms with Crippen LogP contribution in [0.4, 0.5) is 5.69 Å². The van der Waals surface area contributed by atoms with Crippen molar-refractivity contribution >= 4 is 11.7 Å². The van der Waals surface area contributed by atoms with Gasteiger partial charge in [0.25, 0.3) is 0 Å². The van der Waals surface area contributed by atoms with Gasteiger partial charge in [0.1, 0.15) is 0 Å². The zero-order valence-electron chi connectivity index (χ0n) is 12.1. The molecule has 6 nitrogen and oxygen atoms in total. The van der Waals surface area contributed by atoms with Crippen LogP contribution in [-0.2, 0) is 4.79 Å². The molecule has 0 spiro atoms. The van der Waals surface area contributed by atoms with Crippen LogP contribution in [0, 0.1) is 5.92 Å². The lowest BCUT2D eigenvalue weighted by atomic mass is 9.98. The lowest BCUT2D eigenvalue weighted by Crippen LogP contribution is -2.39. The molecule has 0 aromatic carbocycles. The fourth-order valence-electron chi connectivity index (χ4n) is 2.58. The van der Waals surface area contributed by atoms with Gasteiger partial charge in [-0.2, -0.15) is 0 Å². The molecule has 0 saturated carbocycles. The van der Waals surface area contributed by atoms with Crippen LogP contribution in [0.25, 0.3) is 11.4 Å². The first-order valence-corrected chi connectivity index (χ1v) is 7.34. The Hall–Kier alpha value is -2.47. The number of nitrogens with one attached hydrogen (secondary N) is 1. The van der Waals surface area contributed by atoms with Crippen molar-refractivity contribution in [2.75, 3.05) is 18.5 Å². The number of hydrazine groups is 1. The molecule has 3 rings (SSSR count). The number of nitrogens with zero attached hydrogens (tertiary/aromatic N) is 3. The van der Waals surface area contributed by atoms with Crippen molar-refractivity contribution in [3.8, 4) is 11.4 Å². The van der Waals surface area contributed by atoms with E-state index in [2.05, 4.69) is 20.4 Å². The van der Waals surface area contributed by atoms with Crippen LogP contribution in [0.1, 0.15) is 12.8 Å². The molecular formula is C16H18N4O2. The highest BCUT2D eigenvalue weighted by Gasteiger charge is 2.24. The predicted molar refractivity (Wildman–Crippen MR) is 83.0 cm³/mol. The fraction of sp³-hybridized carbons (Fsp3) is 0.312. The summed E-state index contributed by atoms with van der Waals surface area (Å²) in [6, 6.07) is 9.57. The lowest BCUT2D eigenvalue weighted by molar-refractivity contribution is -0.143. The second kappa shape index (κ2) is 6.53. The van der Waals surface area contributed by atoms with Crippen molar-refractivity contribution < 1.29 is 9.90 Å². The van der Waals surface area contributed by atoms with E-state index in [-0.39, 0.29) is 5.92 Å². The minimum atomic E-state index is -0.694. The molecular weight excluding hydrogens is 280 g/mol. The predicted octanol–water partition coefficient (Wildman–Crippen LogP) is 2.27. The van der Waals surface area contributed by atoms with Gasteiger partial charge in [-0.25, -0.2) is 5.01 Å². The molecule has 1 saturated heterocycles. The average molecular weight is 298 g/mol. The van der Waals surface area contributed by atoms with Gasteiger partial charge in [0.2, 0.25) is 0 Å². The smallest absolute Gasteiger partial charge is 0.306 e. The molecule has 1 fully saturated rings. The summed E-state index contributed by atoms with van der Waals surface area (Å²) in [6.07, 6.45) is 4.82. The van der Waals surface area contributed by atoms with Crippen LogP contribution in [0.15, 0.2) is 42.7 Å². The summed E-state index contributed by atoms with van der Waals surface area (Å²) >= 11 is 0. The van der Waals surface area contributed by atoms with Gasteiger partial charge in [-0.1, -0.05) is 6.07 Å². The van der Waals surface area contributed by atoms with Gasteiger partial charge in [0.15, 0.2) is 0 Å². The first kappa shape index (κ1) is 14.5. The second-order valence-corrected chi connectivity index (χ2v) is 5.36. The molecule has 0 atom stereocenters. The molecule has 2 N–H and O–H groups in total. The molecule has 0 aliphatic carbocycles. The van der Waals surface area contributed by atoms with E-state index in [1.807, 2.05) is 30.3 Å². The molecule has 0 bridgehead atoms. The number of carboxylic acid groups (broad SMARTS) is 1. The summed E-state index contributed by atoms with van der Waals surface area (Å²) in [6.45, 7) is 1.44. The molecule has 2 aromatic heterocycles. The van der Waals surface area contributed by atoms with E-state index in [1.165, 1.54) is 0 Å². The lowest BCUT2D eigenvalue weighted by Gasteiger charge is -2.31. The van der Waals surface area contributed by atoms with E-state index in [9.17, 15) is 4.79 Å². The first-order valence-electron chi connectivity index (χ1n) is 7.34. The average Bonchev–Trinajstić information content (AvgIpc) is 2.56. The number of carbonyl (C=O) groups is 1. The van der Waals surface area contributed by atoms with Gasteiger partial charge in [0, 0.05) is 25.5 Å². The largest absolute Gasteiger partial charge is 0.481 e. The van der Waals surface area contributed by atoms with Gasteiger partial charge >= 0.3 is 5.97 Å². The zero-order valence-corrected chi connectivity index (χ0v) is 12.1. The third kappa shape index (κ3) is 3.40. The number of aromatic nitrogens is 2. The zero-order chi connectivity index (χ0) is 15.4. The van der Waals surface area contributed by atoms with Gasteiger partial charge in [-0.05, 0) is 37.1 Å². The molecule has 6 heteroatoms. The number of piperidine rings is 1. The van der Waals surface area contributed by atoms with E-state index in [1.54, 1.807) is 12.4 Å². The number of aliphatic carboxylic acids is 1. The molecule has 1 aliphatic heterocycles. The maximum atomic E-state index is 11.0. The summed E-state index contributed by atoms with van der Waals surface area (Å²) < 4.78 is 0. The number of anilines is 1. The summed E-state index contributed by atoms with van der Waals surface area (Å²) in [5.74, 6) is -0.916. The van der Waals surface area contributed by atoms with E-state index in [0.29, 0.717) is 12.8 Å². The van der Waals surface area contributed by atoms with Gasteiger partial charge in [0.05, 0.1) is 23.0 Å². The van der Waals surface area contributed by atoms with E-state index in [4.69, 9.17) is 5.11 Å². The third-order valence-electron chi connectivity index (χ3n) is 3.82. The number of rotatable bonds is 4. The third-order valence-corrected chi connectivity index (χ3v) is 3.82. The molecule has 1 aliphatic rings. The van der Waals surface area contributed by atoms with Crippen LogP contribution >= 0.6 is 0 Å². The SMILES string of the molecule is O=C(O)C1CCN(Nc2ccnc(-c3ccccn3)c2)CC1. The molecule has 3 heterocycles. The minimum Gasteiger partial charge on any atom is -0.481 e. The van der Waals surface area contributed by atoms with E-state index in [0.717, 1.165) is 30.2 Å². The summed E-state index contributed by atoms with van der Waals surface area (Å²) in [4.78, 5) is 19.6.